The third-order valence-corrected chi connectivity index (χ3v) is 14.1. The number of hydrogen-bond donors (Lipinski definition) is 6. The van der Waals surface area contributed by atoms with E-state index in [2.05, 4.69) is 60.7 Å². The number of methoxy groups -OCH3 is 1. The molecule has 0 aromatic heterocycles. The maximum absolute atomic E-state index is 11.6. The third-order valence-electron chi connectivity index (χ3n) is 13.9. The van der Waals surface area contributed by atoms with Crippen LogP contribution in [-0.4, -0.2) is 75.0 Å². The highest BCUT2D eigenvalue weighted by Gasteiger charge is 2.26. The molecule has 0 spiro atoms. The van der Waals surface area contributed by atoms with Gasteiger partial charge in [0.25, 0.3) is 0 Å². The molecule has 0 saturated heterocycles. The number of carbonyl (C=O) groups excluding carboxylic acids is 1. The van der Waals surface area contributed by atoms with E-state index in [-0.39, 0.29) is 39.7 Å². The van der Waals surface area contributed by atoms with Gasteiger partial charge in [0, 0.05) is 16.6 Å². The fourth-order valence-electron chi connectivity index (χ4n) is 9.74. The van der Waals surface area contributed by atoms with Crippen LogP contribution in [0.2, 0.25) is 5.02 Å². The largest absolute Gasteiger partial charge is 0.496 e. The summed E-state index contributed by atoms with van der Waals surface area (Å²) in [5, 5.41) is 48.2. The van der Waals surface area contributed by atoms with E-state index in [9.17, 15) is 39.0 Å². The number of amides is 1. The molecular weight excluding hydrogens is 1140 g/mol. The van der Waals surface area contributed by atoms with Gasteiger partial charge in [0.2, 0.25) is 5.91 Å². The minimum Gasteiger partial charge on any atom is -0.496 e. The number of anilines is 1. The summed E-state index contributed by atoms with van der Waals surface area (Å²) >= 11 is 5.80. The number of benzene rings is 6. The van der Waals surface area contributed by atoms with E-state index in [0.29, 0.717) is 68.9 Å². The average molecular weight is 1230 g/mol. The van der Waals surface area contributed by atoms with Crippen molar-refractivity contribution < 1.29 is 68.5 Å². The second-order valence-corrected chi connectivity index (χ2v) is 25.5. The Morgan fingerprint density at radius 3 is 1.47 bits per heavy atom. The fourth-order valence-corrected chi connectivity index (χ4v) is 9.91. The van der Waals surface area contributed by atoms with E-state index in [1.54, 1.807) is 100 Å². The molecule has 88 heavy (non-hydrogen) atoms. The van der Waals surface area contributed by atoms with Gasteiger partial charge in [0.05, 0.1) is 24.8 Å². The Balaban J connectivity index is 0.000000396. The Bertz CT molecular complexity index is 3240. The van der Waals surface area contributed by atoms with Gasteiger partial charge in [0.15, 0.2) is 0 Å². The van der Waals surface area contributed by atoms with Crippen molar-refractivity contribution >= 4 is 53.0 Å². The molecule has 6 N–H and O–H groups in total. The quantitative estimate of drug-likeness (QED) is 0.0393. The highest BCUT2D eigenvalue weighted by atomic mass is 35.5. The van der Waals surface area contributed by atoms with Crippen LogP contribution in [0.1, 0.15) is 193 Å². The van der Waals surface area contributed by atoms with Crippen LogP contribution >= 0.6 is 11.6 Å². The van der Waals surface area contributed by atoms with Crippen LogP contribution in [0.5, 0.6) is 23.0 Å². The van der Waals surface area contributed by atoms with Crippen molar-refractivity contribution in [1.82, 2.24) is 0 Å². The number of halogens is 1. The smallest absolute Gasteiger partial charge is 0.339 e. The van der Waals surface area contributed by atoms with Gasteiger partial charge < -0.3 is 45.1 Å². The standard InChI is InChI=1S/C26H44O3.C17H16ClNO4.C11H14O2.C9H10O3.C9H10O2/c1-18-11-13-23(22(14-18)24(27)28)29-17-21(20(3)16-26(7,8)9)12-10-19(2)15-25(4,5)6;1-10(2)16(20)19-12-4-6-13(7-5-12)23-15-8-3-11(18)9-14(15)17(21)22;1-3-4-9-6-5-8(2)7-10(9)11(12)13;1-6-3-4-8(12-2)7(5-6)9(10)11;1-6-4-3-5-7(2)8(6)9(10)11/h11,13-14,19-21H,10,12,15-17H2,1-9H3,(H,27,28);3-10H,1-2H3,(H,19,20)(H,21,22);5-7H,3-4H2,1-2H3,(H,12,13);3-5H,1-2H3,(H,10,11);3-5H,1-2H3,(H,10,11). The zero-order chi connectivity index (χ0) is 66.8. The average Bonchev–Trinajstić information content (AvgIpc) is 3.56. The van der Waals surface area contributed by atoms with Gasteiger partial charge in [0.1, 0.15) is 39.7 Å². The molecule has 16 heteroatoms. The molecule has 478 valence electrons. The van der Waals surface area contributed by atoms with Crippen LogP contribution in [0.4, 0.5) is 5.69 Å². The maximum atomic E-state index is 11.6. The lowest BCUT2D eigenvalue weighted by molar-refractivity contribution is -0.118. The van der Waals surface area contributed by atoms with Gasteiger partial charge in [-0.3, -0.25) is 4.79 Å². The Morgan fingerprint density at radius 2 is 1.01 bits per heavy atom. The van der Waals surface area contributed by atoms with E-state index >= 15 is 0 Å². The zero-order valence-corrected chi connectivity index (χ0v) is 55.3. The van der Waals surface area contributed by atoms with Gasteiger partial charge in [-0.2, -0.15) is 0 Å². The monoisotopic (exact) mass is 1230 g/mol. The van der Waals surface area contributed by atoms with Crippen molar-refractivity contribution in [3.05, 3.63) is 181 Å². The van der Waals surface area contributed by atoms with Crippen molar-refractivity contribution in [3.63, 3.8) is 0 Å². The summed E-state index contributed by atoms with van der Waals surface area (Å²) in [6.45, 7) is 33.9. The summed E-state index contributed by atoms with van der Waals surface area (Å²) in [5.41, 5.74) is 7.98. The van der Waals surface area contributed by atoms with E-state index in [4.69, 9.17) is 41.1 Å². The number of hydrogen-bond acceptors (Lipinski definition) is 9. The predicted octanol–water partition coefficient (Wildman–Crippen LogP) is 18.4. The number of carboxylic acid groups (broad SMARTS) is 5. The maximum Gasteiger partial charge on any atom is 0.339 e. The summed E-state index contributed by atoms with van der Waals surface area (Å²) in [7, 11) is 1.46. The topological polar surface area (TPSA) is 243 Å². The summed E-state index contributed by atoms with van der Waals surface area (Å²) in [4.78, 5) is 66.6. The number of carboxylic acids is 5. The summed E-state index contributed by atoms with van der Waals surface area (Å²) in [6.07, 6.45) is 6.46. The lowest BCUT2D eigenvalue weighted by atomic mass is 9.76. The third kappa shape index (κ3) is 27.7. The summed E-state index contributed by atoms with van der Waals surface area (Å²) in [5.74, 6) is -1.73. The number of ether oxygens (including phenoxy) is 3. The van der Waals surface area contributed by atoms with Crippen molar-refractivity contribution in [2.24, 2.45) is 34.5 Å². The molecule has 6 aromatic carbocycles. The fraction of sp³-hybridized carbons (Fsp3) is 0.417. The molecule has 0 radical (unpaired) electrons. The first-order valence-electron chi connectivity index (χ1n) is 29.6. The highest BCUT2D eigenvalue weighted by Crippen LogP contribution is 2.35. The lowest BCUT2D eigenvalue weighted by Crippen LogP contribution is -2.25. The molecule has 0 aliphatic heterocycles. The van der Waals surface area contributed by atoms with Crippen LogP contribution in [0.25, 0.3) is 0 Å². The van der Waals surface area contributed by atoms with E-state index in [1.165, 1.54) is 32.1 Å². The van der Waals surface area contributed by atoms with Crippen LogP contribution in [0.3, 0.4) is 0 Å². The second-order valence-electron chi connectivity index (χ2n) is 25.1. The van der Waals surface area contributed by atoms with Gasteiger partial charge in [-0.25, -0.2) is 24.0 Å². The van der Waals surface area contributed by atoms with Gasteiger partial charge in [-0.1, -0.05) is 160 Å². The molecule has 3 atom stereocenters. The Morgan fingerprint density at radius 1 is 0.545 bits per heavy atom. The minimum atomic E-state index is -1.12. The molecule has 0 aliphatic carbocycles. The first-order chi connectivity index (χ1) is 41.0. The van der Waals surface area contributed by atoms with Gasteiger partial charge >= 0.3 is 29.8 Å². The molecule has 1 amide bonds. The number of aryl methyl sites for hydroxylation is 6. The highest BCUT2D eigenvalue weighted by molar-refractivity contribution is 6.31. The Labute approximate surface area is 526 Å². The van der Waals surface area contributed by atoms with Crippen LogP contribution in [0.15, 0.2) is 115 Å². The molecule has 15 nitrogen and oxygen atoms in total. The molecule has 3 unspecified atom stereocenters. The van der Waals surface area contributed by atoms with Crippen LogP contribution in [-0.2, 0) is 11.2 Å². The first kappa shape index (κ1) is 75.9. The summed E-state index contributed by atoms with van der Waals surface area (Å²) < 4.78 is 16.6. The predicted molar refractivity (Wildman–Crippen MR) is 351 cm³/mol. The molecule has 0 heterocycles. The van der Waals surface area contributed by atoms with Crippen molar-refractivity contribution in [2.75, 3.05) is 19.0 Å². The van der Waals surface area contributed by atoms with E-state index in [1.807, 2.05) is 58.0 Å². The second kappa shape index (κ2) is 36.2. The number of nitrogens with one attached hydrogen (secondary N) is 1. The first-order valence-corrected chi connectivity index (χ1v) is 29.9. The Hall–Kier alpha value is -8.17. The SMILES string of the molecule is CC(C)C(=O)Nc1ccc(Oc2ccc(Cl)cc2C(=O)O)cc1.CCCc1ccc(C)cc1C(=O)O.COc1ccc(C)cc1C(=O)O.Cc1ccc(OCC(CCC(C)CC(C)(C)C)C(C)CC(C)(C)C)c(C(=O)O)c1.Cc1cccc(C)c1C(=O)O. The normalized spacial score (nSPS) is 11.9. The molecule has 6 rings (SSSR count). The summed E-state index contributed by atoms with van der Waals surface area (Å²) in [6, 6.07) is 32.6. The van der Waals surface area contributed by atoms with Gasteiger partial charge in [-0.05, 0) is 178 Å². The van der Waals surface area contributed by atoms with Crippen molar-refractivity contribution in [3.8, 4) is 23.0 Å². The molecular formula is C72H94ClNO14. The van der Waals surface area contributed by atoms with Crippen molar-refractivity contribution in [1.29, 1.82) is 0 Å². The molecule has 0 saturated carbocycles. The number of carbonyl (C=O) groups is 6. The molecule has 0 fully saturated rings. The zero-order valence-electron chi connectivity index (χ0n) is 54.5. The number of rotatable bonds is 21. The van der Waals surface area contributed by atoms with Crippen molar-refractivity contribution in [2.45, 2.75) is 149 Å². The van der Waals surface area contributed by atoms with Crippen LogP contribution < -0.4 is 19.5 Å². The molecule has 6 aromatic rings. The van der Waals surface area contributed by atoms with E-state index < -0.39 is 29.8 Å². The van der Waals surface area contributed by atoms with E-state index in [0.717, 1.165) is 59.1 Å². The molecule has 0 aliphatic rings. The Kier molecular flexibility index (Phi) is 31.2. The number of aromatic carboxylic acids is 5. The lowest BCUT2D eigenvalue weighted by Gasteiger charge is -2.31. The van der Waals surface area contributed by atoms with Gasteiger partial charge in [-0.15, -0.1) is 0 Å². The molecule has 0 bridgehead atoms. The van der Waals surface area contributed by atoms with Crippen LogP contribution in [0, 0.1) is 69.1 Å². The minimum absolute atomic E-state index is 0.0188.